The molecule has 1 saturated carbocycles. The Balaban J connectivity index is 1.44. The number of rotatable bonds is 27. The van der Waals surface area contributed by atoms with Gasteiger partial charge >= 0.3 is 5.97 Å². The van der Waals surface area contributed by atoms with Gasteiger partial charge in [-0.15, -0.1) is 0 Å². The maximum atomic E-state index is 14.6. The number of benzene rings is 1. The predicted molar refractivity (Wildman–Crippen MR) is 256 cm³/mol. The Hall–Kier alpha value is -4.87. The molecule has 2 aliphatic heterocycles. The van der Waals surface area contributed by atoms with Crippen LogP contribution >= 0.6 is 11.6 Å². The number of carboxylic acids is 1. The lowest BCUT2D eigenvalue weighted by molar-refractivity contribution is -0.149. The summed E-state index contributed by atoms with van der Waals surface area (Å²) in [4.78, 5) is 112. The van der Waals surface area contributed by atoms with Crippen molar-refractivity contribution in [2.75, 3.05) is 34.9 Å². The first-order valence-corrected chi connectivity index (χ1v) is 24.5. The standard InChI is InChI=1S/C50H75ClN6O11/c1-12-30(6)45(55(9)49(64)43(28(2)3)53-48(63)44(29(4)5)54(8)39(58)20-14-13-17-23-56-40(59)21-22-41(56)60)38(67-10)27-42(61)57-36-25-33(36)26-37(57)46(68-11)31(7)47(62)52-35(50(65)66)24-32-18-15-16-19-34(32)51/h15-16,18-19,21-22,28-31,33,35-38,43-46H,12-14,17,20,23-27H2,1-11H3,(H,52,62)(H,53,63)(H,65,66)/t30-,31+,33-,35?,36-,37-,38+,43?,44?,45-,46+/m0/s1. The first-order valence-electron chi connectivity index (χ1n) is 24.1. The Morgan fingerprint density at radius 3 is 2.06 bits per heavy atom. The summed E-state index contributed by atoms with van der Waals surface area (Å²) in [6.07, 6.45) is 4.75. The SMILES string of the molecule is CC[C@H](C)[C@@H]([C@@H](CC(=O)N1[C@H]2C[C@H]2C[C@H]1[C@H](OC)[C@@H](C)C(=O)NC(Cc1ccccc1Cl)C(=O)O)OC)N(C)C(=O)C(NC(=O)C(C(C)C)N(C)C(=O)CCCCCN1C(=O)C=CC1=O)C(C)C. The lowest BCUT2D eigenvalue weighted by Crippen LogP contribution is -2.60. The first-order chi connectivity index (χ1) is 32.1. The largest absolute Gasteiger partial charge is 0.480 e. The maximum Gasteiger partial charge on any atom is 0.326 e. The highest BCUT2D eigenvalue weighted by atomic mass is 35.5. The van der Waals surface area contributed by atoms with Crippen molar-refractivity contribution in [1.82, 2.24) is 30.2 Å². The zero-order chi connectivity index (χ0) is 50.7. The van der Waals surface area contributed by atoms with E-state index in [1.807, 2.05) is 41.5 Å². The Labute approximate surface area is 407 Å². The van der Waals surface area contributed by atoms with Gasteiger partial charge in [-0.1, -0.05) is 91.1 Å². The summed E-state index contributed by atoms with van der Waals surface area (Å²) in [6.45, 7) is 13.2. The van der Waals surface area contributed by atoms with Crippen LogP contribution in [0.2, 0.25) is 5.02 Å². The third-order valence-corrected chi connectivity index (χ3v) is 14.6. The number of carbonyl (C=O) groups excluding carboxylic acids is 7. The molecule has 17 nitrogen and oxygen atoms in total. The summed E-state index contributed by atoms with van der Waals surface area (Å²) in [5, 5.41) is 16.1. The van der Waals surface area contributed by atoms with Crippen molar-refractivity contribution in [3.05, 3.63) is 47.0 Å². The Morgan fingerprint density at radius 1 is 0.853 bits per heavy atom. The van der Waals surface area contributed by atoms with Crippen LogP contribution in [0.3, 0.4) is 0 Å². The van der Waals surface area contributed by atoms with Gasteiger partial charge in [-0.25, -0.2) is 4.79 Å². The van der Waals surface area contributed by atoms with Gasteiger partial charge in [0.1, 0.15) is 18.1 Å². The monoisotopic (exact) mass is 971 g/mol. The second-order valence-corrected chi connectivity index (χ2v) is 20.0. The number of likely N-dealkylation sites (tertiary alicyclic amines) is 1. The number of piperidine rings is 1. The third-order valence-electron chi connectivity index (χ3n) is 14.2. The van der Waals surface area contributed by atoms with Gasteiger partial charge in [0.25, 0.3) is 11.8 Å². The number of carbonyl (C=O) groups is 8. The number of aliphatic carboxylic acids is 1. The number of unbranched alkanes of at least 4 members (excludes halogenated alkanes) is 2. The number of fused-ring (bicyclic) bond motifs is 1. The van der Waals surface area contributed by atoms with Crippen molar-refractivity contribution in [2.45, 2.75) is 155 Å². The summed E-state index contributed by atoms with van der Waals surface area (Å²) in [5.74, 6) is -5.12. The number of halogens is 1. The van der Waals surface area contributed by atoms with Crippen molar-refractivity contribution in [2.24, 2.45) is 29.6 Å². The van der Waals surface area contributed by atoms with Crippen LogP contribution in [0, 0.1) is 29.6 Å². The molecule has 3 N–H and O–H groups in total. The zero-order valence-electron chi connectivity index (χ0n) is 41.7. The fourth-order valence-corrected chi connectivity index (χ4v) is 10.2. The van der Waals surface area contributed by atoms with Gasteiger partial charge in [-0.2, -0.15) is 0 Å². The van der Waals surface area contributed by atoms with Crippen molar-refractivity contribution >= 4 is 58.9 Å². The van der Waals surface area contributed by atoms with E-state index in [9.17, 15) is 43.5 Å². The quantitative estimate of drug-likeness (QED) is 0.0827. The second-order valence-electron chi connectivity index (χ2n) is 19.6. The fraction of sp³-hybridized carbons (Fsp3) is 0.680. The molecule has 378 valence electrons. The molecule has 1 saturated heterocycles. The van der Waals surface area contributed by atoms with Crippen LogP contribution in [-0.2, 0) is 54.3 Å². The number of hydrogen-bond donors (Lipinski definition) is 3. The third kappa shape index (κ3) is 13.7. The molecule has 0 aromatic heterocycles. The molecule has 3 aliphatic rings. The van der Waals surface area contributed by atoms with Crippen molar-refractivity contribution < 1.29 is 52.9 Å². The number of imide groups is 1. The van der Waals surface area contributed by atoms with E-state index in [4.69, 9.17) is 21.1 Å². The highest BCUT2D eigenvalue weighted by molar-refractivity contribution is 6.31. The Kier molecular flexibility index (Phi) is 20.6. The minimum Gasteiger partial charge on any atom is -0.480 e. The normalized spacial score (nSPS) is 21.1. The van der Waals surface area contributed by atoms with Gasteiger partial charge in [0, 0.05) is 70.9 Å². The van der Waals surface area contributed by atoms with E-state index < -0.39 is 66.1 Å². The smallest absolute Gasteiger partial charge is 0.326 e. The number of ether oxygens (including phenoxy) is 2. The lowest BCUT2D eigenvalue weighted by Gasteiger charge is -2.41. The molecule has 68 heavy (non-hydrogen) atoms. The minimum absolute atomic E-state index is 0.0194. The average molecular weight is 972 g/mol. The first kappa shape index (κ1) is 55.7. The van der Waals surface area contributed by atoms with Crippen LogP contribution in [0.4, 0.5) is 0 Å². The number of carboxylic acid groups (broad SMARTS) is 1. The van der Waals surface area contributed by atoms with Crippen LogP contribution in [0.25, 0.3) is 0 Å². The number of hydrogen-bond acceptors (Lipinski definition) is 10. The van der Waals surface area contributed by atoms with Gasteiger partial charge in [0.05, 0.1) is 36.6 Å². The van der Waals surface area contributed by atoms with E-state index in [1.165, 1.54) is 36.2 Å². The maximum absolute atomic E-state index is 14.6. The van der Waals surface area contributed by atoms with Gasteiger partial charge in [-0.3, -0.25) is 38.5 Å². The van der Waals surface area contributed by atoms with Gasteiger partial charge in [0.15, 0.2) is 0 Å². The van der Waals surface area contributed by atoms with Crippen LogP contribution in [0.15, 0.2) is 36.4 Å². The van der Waals surface area contributed by atoms with Crippen molar-refractivity contribution in [1.29, 1.82) is 0 Å². The van der Waals surface area contributed by atoms with Crippen LogP contribution in [0.1, 0.15) is 105 Å². The highest BCUT2D eigenvalue weighted by Gasteiger charge is 2.57. The molecule has 1 aliphatic carbocycles. The molecule has 4 rings (SSSR count). The molecule has 0 bridgehead atoms. The molecule has 1 aromatic rings. The molecule has 7 amide bonds. The summed E-state index contributed by atoms with van der Waals surface area (Å²) < 4.78 is 12.0. The predicted octanol–water partition coefficient (Wildman–Crippen LogP) is 4.48. The van der Waals surface area contributed by atoms with Gasteiger partial charge in [0.2, 0.25) is 29.5 Å². The summed E-state index contributed by atoms with van der Waals surface area (Å²) in [5.41, 5.74) is 0.579. The van der Waals surface area contributed by atoms with E-state index in [1.54, 1.807) is 55.1 Å². The molecular weight excluding hydrogens is 896 g/mol. The minimum atomic E-state index is -1.25. The molecule has 2 heterocycles. The second kappa shape index (κ2) is 25.1. The van der Waals surface area contributed by atoms with E-state index in [0.29, 0.717) is 42.7 Å². The van der Waals surface area contributed by atoms with Gasteiger partial charge < -0.3 is 39.9 Å². The number of nitrogens with zero attached hydrogens (tertiary/aromatic N) is 4. The van der Waals surface area contributed by atoms with Gasteiger partial charge in [-0.05, 0) is 61.0 Å². The van der Waals surface area contributed by atoms with Crippen molar-refractivity contribution in [3.63, 3.8) is 0 Å². The lowest BCUT2D eigenvalue weighted by atomic mass is 9.89. The van der Waals surface area contributed by atoms with Crippen LogP contribution in [0.5, 0.6) is 0 Å². The van der Waals surface area contributed by atoms with Crippen LogP contribution in [-0.4, -0.2) is 155 Å². The zero-order valence-corrected chi connectivity index (χ0v) is 42.5. The van der Waals surface area contributed by atoms with E-state index in [0.717, 1.165) is 6.42 Å². The molecule has 3 unspecified atom stereocenters. The number of nitrogens with one attached hydrogen (secondary N) is 2. The number of likely N-dealkylation sites (N-methyl/N-ethyl adjacent to an activating group) is 2. The van der Waals surface area contributed by atoms with E-state index in [-0.39, 0.29) is 85.1 Å². The van der Waals surface area contributed by atoms with E-state index in [2.05, 4.69) is 10.6 Å². The molecule has 11 atom stereocenters. The Morgan fingerprint density at radius 2 is 1.50 bits per heavy atom. The number of amides is 7. The molecule has 2 fully saturated rings. The summed E-state index contributed by atoms with van der Waals surface area (Å²) >= 11 is 6.31. The van der Waals surface area contributed by atoms with E-state index >= 15 is 0 Å². The molecular formula is C50H75ClN6O11. The average Bonchev–Trinajstić information content (AvgIpc) is 3.84. The molecule has 0 spiro atoms. The topological polar surface area (TPSA) is 212 Å². The number of methoxy groups -OCH3 is 2. The summed E-state index contributed by atoms with van der Waals surface area (Å²) in [7, 11) is 6.22. The summed E-state index contributed by atoms with van der Waals surface area (Å²) in [6, 6.07) is 2.63. The van der Waals surface area contributed by atoms with Crippen molar-refractivity contribution in [3.8, 4) is 0 Å². The van der Waals surface area contributed by atoms with Crippen LogP contribution < -0.4 is 10.6 Å². The Bertz CT molecular complexity index is 2000. The molecule has 0 radical (unpaired) electrons. The fourth-order valence-electron chi connectivity index (χ4n) is 10.00. The highest BCUT2D eigenvalue weighted by Crippen LogP contribution is 2.50. The molecule has 1 aromatic carbocycles. The molecule has 18 heteroatoms.